The molecule has 0 aromatic heterocycles. The highest BCUT2D eigenvalue weighted by atomic mass is 35.5. The number of nitrogen functional groups attached to an aromatic ring is 1. The molecule has 0 fully saturated rings. The number of halogens is 1. The highest BCUT2D eigenvalue weighted by molar-refractivity contribution is 7.99. The van der Waals surface area contributed by atoms with Crippen molar-refractivity contribution in [3.63, 3.8) is 0 Å². The van der Waals surface area contributed by atoms with Crippen LogP contribution in [0.5, 0.6) is 0 Å². The second kappa shape index (κ2) is 5.33. The van der Waals surface area contributed by atoms with Crippen LogP contribution >= 0.6 is 23.4 Å². The van der Waals surface area contributed by atoms with Crippen LogP contribution in [0.15, 0.2) is 52.3 Å². The summed E-state index contributed by atoms with van der Waals surface area (Å²) in [5.41, 5.74) is 6.42. The first-order valence-electron chi connectivity index (χ1n) is 5.13. The molecule has 0 aliphatic rings. The molecule has 2 aromatic carbocycles. The van der Waals surface area contributed by atoms with Crippen molar-refractivity contribution in [2.75, 3.05) is 5.73 Å². The summed E-state index contributed by atoms with van der Waals surface area (Å²) < 4.78 is 0. The summed E-state index contributed by atoms with van der Waals surface area (Å²) in [6.07, 6.45) is 0. The van der Waals surface area contributed by atoms with Crippen molar-refractivity contribution in [1.29, 1.82) is 0 Å². The van der Waals surface area contributed by atoms with Gasteiger partial charge in [-0.1, -0.05) is 35.5 Å². The van der Waals surface area contributed by atoms with Gasteiger partial charge in [0.15, 0.2) is 0 Å². The topological polar surface area (TPSA) is 63.3 Å². The Bertz CT molecular complexity index is 601. The minimum atomic E-state index is -0.982. The van der Waals surface area contributed by atoms with Gasteiger partial charge >= 0.3 is 5.97 Å². The highest BCUT2D eigenvalue weighted by Gasteiger charge is 2.12. The summed E-state index contributed by atoms with van der Waals surface area (Å²) in [4.78, 5) is 12.5. The van der Waals surface area contributed by atoms with E-state index in [0.717, 1.165) is 4.90 Å². The number of hydrogen-bond donors (Lipinski definition) is 2. The molecule has 0 atom stereocenters. The lowest BCUT2D eigenvalue weighted by molar-refractivity contribution is 0.0693. The second-order valence-electron chi connectivity index (χ2n) is 3.59. The van der Waals surface area contributed by atoms with Crippen LogP contribution in [-0.2, 0) is 0 Å². The van der Waals surface area contributed by atoms with Crippen LogP contribution in [0.1, 0.15) is 10.4 Å². The molecule has 0 saturated carbocycles. The Hall–Kier alpha value is -1.65. The lowest BCUT2D eigenvalue weighted by Gasteiger charge is -2.08. The zero-order valence-electron chi connectivity index (χ0n) is 9.26. The first-order chi connectivity index (χ1) is 8.58. The van der Waals surface area contributed by atoms with E-state index in [1.807, 2.05) is 18.2 Å². The SMILES string of the molecule is Nc1ccc(C(=O)O)c(Sc2ccccc2Cl)c1. The number of anilines is 1. The minimum absolute atomic E-state index is 0.217. The van der Waals surface area contributed by atoms with Gasteiger partial charge in [0.25, 0.3) is 0 Å². The zero-order valence-corrected chi connectivity index (χ0v) is 10.8. The van der Waals surface area contributed by atoms with Crippen molar-refractivity contribution in [3.8, 4) is 0 Å². The molecule has 0 heterocycles. The van der Waals surface area contributed by atoms with E-state index in [4.69, 9.17) is 22.4 Å². The quantitative estimate of drug-likeness (QED) is 0.840. The molecular formula is C13H10ClNO2S. The van der Waals surface area contributed by atoms with Gasteiger partial charge in [0, 0.05) is 15.5 Å². The molecule has 3 N–H and O–H groups in total. The Balaban J connectivity index is 2.42. The Morgan fingerprint density at radius 1 is 1.17 bits per heavy atom. The molecule has 0 amide bonds. The van der Waals surface area contributed by atoms with Crippen molar-refractivity contribution in [1.82, 2.24) is 0 Å². The fourth-order valence-corrected chi connectivity index (χ4v) is 2.71. The van der Waals surface area contributed by atoms with Gasteiger partial charge < -0.3 is 10.8 Å². The molecular weight excluding hydrogens is 270 g/mol. The summed E-state index contributed by atoms with van der Waals surface area (Å²) in [6.45, 7) is 0. The standard InChI is InChI=1S/C13H10ClNO2S/c14-10-3-1-2-4-11(10)18-12-7-8(15)5-6-9(12)13(16)17/h1-7H,15H2,(H,16,17). The molecule has 92 valence electrons. The van der Waals surface area contributed by atoms with E-state index in [2.05, 4.69) is 0 Å². The van der Waals surface area contributed by atoms with Gasteiger partial charge in [-0.2, -0.15) is 0 Å². The molecule has 0 unspecified atom stereocenters. The number of rotatable bonds is 3. The highest BCUT2D eigenvalue weighted by Crippen LogP contribution is 2.35. The monoisotopic (exact) mass is 279 g/mol. The largest absolute Gasteiger partial charge is 0.478 e. The molecule has 0 aliphatic carbocycles. The lowest BCUT2D eigenvalue weighted by Crippen LogP contribution is -1.99. The van der Waals surface area contributed by atoms with Crippen molar-refractivity contribution < 1.29 is 9.90 Å². The van der Waals surface area contributed by atoms with E-state index in [1.165, 1.54) is 17.8 Å². The maximum atomic E-state index is 11.1. The molecule has 18 heavy (non-hydrogen) atoms. The number of hydrogen-bond acceptors (Lipinski definition) is 3. The summed E-state index contributed by atoms with van der Waals surface area (Å²) >= 11 is 7.34. The first-order valence-corrected chi connectivity index (χ1v) is 6.32. The van der Waals surface area contributed by atoms with Crippen molar-refractivity contribution in [2.24, 2.45) is 0 Å². The van der Waals surface area contributed by atoms with Gasteiger partial charge in [-0.15, -0.1) is 0 Å². The smallest absolute Gasteiger partial charge is 0.336 e. The van der Waals surface area contributed by atoms with E-state index in [0.29, 0.717) is 15.6 Å². The number of carbonyl (C=O) groups is 1. The molecule has 0 bridgehead atoms. The summed E-state index contributed by atoms with van der Waals surface area (Å²) in [5.74, 6) is -0.982. The maximum absolute atomic E-state index is 11.1. The predicted molar refractivity (Wildman–Crippen MR) is 73.4 cm³/mol. The molecule has 2 rings (SSSR count). The van der Waals surface area contributed by atoms with Gasteiger partial charge in [-0.05, 0) is 30.3 Å². The summed E-state index contributed by atoms with van der Waals surface area (Å²) in [6, 6.07) is 12.0. The van der Waals surface area contributed by atoms with Gasteiger partial charge in [0.1, 0.15) is 0 Å². The third-order valence-electron chi connectivity index (χ3n) is 2.29. The van der Waals surface area contributed by atoms with Crippen LogP contribution in [0.2, 0.25) is 5.02 Å². The Labute approximate surface area is 114 Å². The van der Waals surface area contributed by atoms with Crippen LogP contribution in [0, 0.1) is 0 Å². The molecule has 0 saturated heterocycles. The Kier molecular flexibility index (Phi) is 3.79. The van der Waals surface area contributed by atoms with Crippen LogP contribution in [0.3, 0.4) is 0 Å². The van der Waals surface area contributed by atoms with Gasteiger partial charge in [0.05, 0.1) is 10.6 Å². The number of nitrogens with two attached hydrogens (primary N) is 1. The second-order valence-corrected chi connectivity index (χ2v) is 5.08. The fraction of sp³-hybridized carbons (Fsp3) is 0. The average molecular weight is 280 g/mol. The van der Waals surface area contributed by atoms with Crippen molar-refractivity contribution in [3.05, 3.63) is 53.1 Å². The zero-order chi connectivity index (χ0) is 13.1. The van der Waals surface area contributed by atoms with Gasteiger partial charge in [0.2, 0.25) is 0 Å². The summed E-state index contributed by atoms with van der Waals surface area (Å²) in [5, 5.41) is 9.70. The van der Waals surface area contributed by atoms with Crippen LogP contribution < -0.4 is 5.73 Å². The van der Waals surface area contributed by atoms with E-state index >= 15 is 0 Å². The third kappa shape index (κ3) is 2.78. The predicted octanol–water partition coefficient (Wildman–Crippen LogP) is 3.77. The number of aromatic carboxylic acids is 1. The molecule has 3 nitrogen and oxygen atoms in total. The molecule has 2 aromatic rings. The Morgan fingerprint density at radius 2 is 1.89 bits per heavy atom. The van der Waals surface area contributed by atoms with Gasteiger partial charge in [-0.25, -0.2) is 4.79 Å². The van der Waals surface area contributed by atoms with Gasteiger partial charge in [-0.3, -0.25) is 0 Å². The first kappa shape index (κ1) is 12.8. The van der Waals surface area contributed by atoms with Crippen LogP contribution in [-0.4, -0.2) is 11.1 Å². The van der Waals surface area contributed by atoms with E-state index in [1.54, 1.807) is 18.2 Å². The van der Waals surface area contributed by atoms with E-state index in [-0.39, 0.29) is 5.56 Å². The van der Waals surface area contributed by atoms with Crippen molar-refractivity contribution in [2.45, 2.75) is 9.79 Å². The van der Waals surface area contributed by atoms with Crippen LogP contribution in [0.25, 0.3) is 0 Å². The third-order valence-corrected chi connectivity index (χ3v) is 3.87. The number of carboxylic acid groups (broad SMARTS) is 1. The number of benzene rings is 2. The average Bonchev–Trinajstić information content (AvgIpc) is 2.32. The minimum Gasteiger partial charge on any atom is -0.478 e. The molecule has 0 radical (unpaired) electrons. The van der Waals surface area contributed by atoms with Crippen LogP contribution in [0.4, 0.5) is 5.69 Å². The molecule has 0 aliphatic heterocycles. The summed E-state index contributed by atoms with van der Waals surface area (Å²) in [7, 11) is 0. The van der Waals surface area contributed by atoms with E-state index < -0.39 is 5.97 Å². The molecule has 0 spiro atoms. The van der Waals surface area contributed by atoms with Crippen molar-refractivity contribution >= 4 is 35.0 Å². The molecule has 5 heteroatoms. The van der Waals surface area contributed by atoms with E-state index in [9.17, 15) is 4.79 Å². The number of carboxylic acids is 1. The Morgan fingerprint density at radius 3 is 2.56 bits per heavy atom. The maximum Gasteiger partial charge on any atom is 0.336 e. The normalized spacial score (nSPS) is 10.3. The lowest BCUT2D eigenvalue weighted by atomic mass is 10.2. The fourth-order valence-electron chi connectivity index (χ4n) is 1.45.